The molecule has 0 atom stereocenters. The molecule has 5 heteroatoms. The van der Waals surface area contributed by atoms with E-state index < -0.39 is 0 Å². The molecule has 0 aliphatic carbocycles. The molecule has 1 aromatic rings. The van der Waals surface area contributed by atoms with Crippen molar-refractivity contribution in [1.82, 2.24) is 4.98 Å². The first-order valence-electron chi connectivity index (χ1n) is 3.66. The quantitative estimate of drug-likeness (QED) is 0.351. The Labute approximate surface area is 75.0 Å². The zero-order valence-electron chi connectivity index (χ0n) is 7.10. The topological polar surface area (TPSA) is 85.9 Å². The van der Waals surface area contributed by atoms with Crippen molar-refractivity contribution in [2.45, 2.75) is 13.5 Å². The molecule has 0 aliphatic rings. The Morgan fingerprint density at radius 1 is 1.62 bits per heavy atom. The number of pyridine rings is 1. The fraction of sp³-hybridized carbons (Fsp3) is 0.250. The third kappa shape index (κ3) is 1.75. The van der Waals surface area contributed by atoms with Crippen molar-refractivity contribution >= 4 is 6.21 Å². The lowest BCUT2D eigenvalue weighted by molar-refractivity contribution is 0.280. The Morgan fingerprint density at radius 3 is 2.85 bits per heavy atom. The van der Waals surface area contributed by atoms with Gasteiger partial charge in [0, 0.05) is 17.3 Å². The van der Waals surface area contributed by atoms with Crippen molar-refractivity contribution in [1.29, 1.82) is 0 Å². The van der Waals surface area contributed by atoms with Crippen LogP contribution in [0.5, 0.6) is 5.75 Å². The summed E-state index contributed by atoms with van der Waals surface area (Å²) in [5, 5.41) is 29.4. The molecule has 0 fully saturated rings. The number of aliphatic hydroxyl groups excluding tert-OH is 1. The van der Waals surface area contributed by atoms with Crippen molar-refractivity contribution in [3.05, 3.63) is 23.0 Å². The summed E-state index contributed by atoms with van der Waals surface area (Å²) >= 11 is 0. The second kappa shape index (κ2) is 3.86. The molecule has 5 nitrogen and oxygen atoms in total. The fourth-order valence-electron chi connectivity index (χ4n) is 0.980. The lowest BCUT2D eigenvalue weighted by Gasteiger charge is -2.05. The van der Waals surface area contributed by atoms with Crippen LogP contribution in [0.4, 0.5) is 0 Å². The van der Waals surface area contributed by atoms with Gasteiger partial charge in [-0.15, -0.1) is 0 Å². The van der Waals surface area contributed by atoms with Gasteiger partial charge in [0.15, 0.2) is 0 Å². The maximum atomic E-state index is 9.46. The van der Waals surface area contributed by atoms with E-state index in [4.69, 9.17) is 10.3 Å². The predicted octanol–water partition coefficient (Wildman–Crippen LogP) is 0.396. The number of aromatic hydroxyl groups is 1. The van der Waals surface area contributed by atoms with Gasteiger partial charge in [-0.1, -0.05) is 5.16 Å². The number of aromatic nitrogens is 1. The Balaban J connectivity index is 3.32. The molecule has 0 saturated carbocycles. The highest BCUT2D eigenvalue weighted by molar-refractivity contribution is 5.85. The number of nitrogens with zero attached hydrogens (tertiary/aromatic N) is 2. The average Bonchev–Trinajstić information content (AvgIpc) is 2.14. The first-order chi connectivity index (χ1) is 6.20. The van der Waals surface area contributed by atoms with Gasteiger partial charge < -0.3 is 15.4 Å². The summed E-state index contributed by atoms with van der Waals surface area (Å²) in [4.78, 5) is 3.84. The molecule has 0 aromatic carbocycles. The van der Waals surface area contributed by atoms with Crippen LogP contribution in [-0.2, 0) is 6.61 Å². The van der Waals surface area contributed by atoms with E-state index >= 15 is 0 Å². The Kier molecular flexibility index (Phi) is 2.81. The largest absolute Gasteiger partial charge is 0.505 e. The van der Waals surface area contributed by atoms with Crippen molar-refractivity contribution in [2.75, 3.05) is 0 Å². The van der Waals surface area contributed by atoms with E-state index in [1.807, 2.05) is 0 Å². The molecule has 1 rings (SSSR count). The lowest BCUT2D eigenvalue weighted by Crippen LogP contribution is -1.97. The minimum Gasteiger partial charge on any atom is -0.505 e. The van der Waals surface area contributed by atoms with Gasteiger partial charge in [-0.25, -0.2) is 0 Å². The number of aryl methyl sites for hydroxylation is 1. The maximum absolute atomic E-state index is 9.46. The third-order valence-electron chi connectivity index (χ3n) is 1.71. The molecule has 0 amide bonds. The molecule has 1 heterocycles. The molecule has 0 aliphatic heterocycles. The van der Waals surface area contributed by atoms with E-state index in [-0.39, 0.29) is 17.9 Å². The van der Waals surface area contributed by atoms with Gasteiger partial charge in [-0.05, 0) is 6.92 Å². The zero-order valence-corrected chi connectivity index (χ0v) is 7.10. The van der Waals surface area contributed by atoms with Crippen molar-refractivity contribution < 1.29 is 15.4 Å². The van der Waals surface area contributed by atoms with E-state index in [0.717, 1.165) is 6.21 Å². The first kappa shape index (κ1) is 9.47. The van der Waals surface area contributed by atoms with Gasteiger partial charge in [0.2, 0.25) is 0 Å². The Morgan fingerprint density at radius 2 is 2.31 bits per heavy atom. The van der Waals surface area contributed by atoms with E-state index in [1.54, 1.807) is 6.92 Å². The molecule has 13 heavy (non-hydrogen) atoms. The number of oxime groups is 1. The first-order valence-corrected chi connectivity index (χ1v) is 3.66. The molecular weight excluding hydrogens is 172 g/mol. The molecule has 1 aromatic heterocycles. The van der Waals surface area contributed by atoms with Gasteiger partial charge >= 0.3 is 0 Å². The highest BCUT2D eigenvalue weighted by Gasteiger charge is 2.08. The molecule has 0 spiro atoms. The van der Waals surface area contributed by atoms with Gasteiger partial charge in [-0.2, -0.15) is 0 Å². The van der Waals surface area contributed by atoms with E-state index in [9.17, 15) is 5.11 Å². The van der Waals surface area contributed by atoms with Gasteiger partial charge in [0.1, 0.15) is 5.75 Å². The third-order valence-corrected chi connectivity index (χ3v) is 1.71. The van der Waals surface area contributed by atoms with Crippen LogP contribution in [0, 0.1) is 6.92 Å². The summed E-state index contributed by atoms with van der Waals surface area (Å²) in [6, 6.07) is 0. The van der Waals surface area contributed by atoms with Crippen molar-refractivity contribution in [3.63, 3.8) is 0 Å². The van der Waals surface area contributed by atoms with Crippen LogP contribution in [0.3, 0.4) is 0 Å². The molecule has 3 N–H and O–H groups in total. The molecule has 70 valence electrons. The summed E-state index contributed by atoms with van der Waals surface area (Å²) in [5.74, 6) is -0.0793. The normalized spacial score (nSPS) is 10.9. The highest BCUT2D eigenvalue weighted by Crippen LogP contribution is 2.21. The number of hydrogen-bond acceptors (Lipinski definition) is 5. The van der Waals surface area contributed by atoms with E-state index in [2.05, 4.69) is 10.1 Å². The Hall–Kier alpha value is -1.62. The predicted molar refractivity (Wildman–Crippen MR) is 45.9 cm³/mol. The van der Waals surface area contributed by atoms with Crippen LogP contribution in [-0.4, -0.2) is 26.6 Å². The van der Waals surface area contributed by atoms with Crippen LogP contribution in [0.25, 0.3) is 0 Å². The molecule has 0 radical (unpaired) electrons. The summed E-state index contributed by atoms with van der Waals surface area (Å²) < 4.78 is 0. The summed E-state index contributed by atoms with van der Waals surface area (Å²) in [5.41, 5.74) is 1.13. The average molecular weight is 182 g/mol. The Bertz CT molecular complexity index is 336. The number of aliphatic hydroxyl groups is 1. The monoisotopic (exact) mass is 182 g/mol. The van der Waals surface area contributed by atoms with Crippen molar-refractivity contribution in [3.8, 4) is 5.75 Å². The molecule has 0 bridgehead atoms. The SMILES string of the molecule is Cc1ncc(CO)c(/C=N/O)c1O. The second-order valence-electron chi connectivity index (χ2n) is 2.53. The fourth-order valence-corrected chi connectivity index (χ4v) is 0.980. The summed E-state index contributed by atoms with van der Waals surface area (Å²) in [6.45, 7) is 1.35. The minimum atomic E-state index is -0.262. The summed E-state index contributed by atoms with van der Waals surface area (Å²) in [6.07, 6.45) is 2.49. The lowest BCUT2D eigenvalue weighted by atomic mass is 10.1. The molecular formula is C8H10N2O3. The van der Waals surface area contributed by atoms with Crippen LogP contribution in [0.15, 0.2) is 11.4 Å². The molecule has 0 unspecified atom stereocenters. The van der Waals surface area contributed by atoms with Crippen LogP contribution in [0.2, 0.25) is 0 Å². The van der Waals surface area contributed by atoms with Crippen LogP contribution < -0.4 is 0 Å². The van der Waals surface area contributed by atoms with Crippen LogP contribution in [0.1, 0.15) is 16.8 Å². The summed E-state index contributed by atoms with van der Waals surface area (Å²) in [7, 11) is 0. The van der Waals surface area contributed by atoms with Crippen molar-refractivity contribution in [2.24, 2.45) is 5.16 Å². The highest BCUT2D eigenvalue weighted by atomic mass is 16.4. The maximum Gasteiger partial charge on any atom is 0.146 e. The number of rotatable bonds is 2. The van der Waals surface area contributed by atoms with E-state index in [1.165, 1.54) is 6.20 Å². The standard InChI is InChI=1S/C8H10N2O3/c1-5-8(12)7(3-10-13)6(4-11)2-9-5/h2-3,11-13H,4H2,1H3/b10-3+. The minimum absolute atomic E-state index is 0.0793. The van der Waals surface area contributed by atoms with Gasteiger partial charge in [0.05, 0.1) is 18.5 Å². The van der Waals surface area contributed by atoms with Crippen LogP contribution >= 0.6 is 0 Å². The zero-order chi connectivity index (χ0) is 9.84. The smallest absolute Gasteiger partial charge is 0.146 e. The number of hydrogen-bond donors (Lipinski definition) is 3. The second-order valence-corrected chi connectivity index (χ2v) is 2.53. The van der Waals surface area contributed by atoms with Gasteiger partial charge in [0.25, 0.3) is 0 Å². The molecule has 0 saturated heterocycles. The van der Waals surface area contributed by atoms with E-state index in [0.29, 0.717) is 11.3 Å². The van der Waals surface area contributed by atoms with Gasteiger partial charge in [-0.3, -0.25) is 4.98 Å².